The van der Waals surface area contributed by atoms with Gasteiger partial charge >= 0.3 is 0 Å². The molecule has 6 amide bonds. The van der Waals surface area contributed by atoms with Gasteiger partial charge in [-0.15, -0.1) is 0 Å². The molecule has 29 heteroatoms. The van der Waals surface area contributed by atoms with Gasteiger partial charge in [0, 0.05) is 90.4 Å². The van der Waals surface area contributed by atoms with E-state index in [0.29, 0.717) is 81.2 Å². The minimum atomic E-state index is -0.929. The molecule has 534 valence electrons. The second-order valence-corrected chi connectivity index (χ2v) is 25.6. The lowest BCUT2D eigenvalue weighted by Gasteiger charge is -2.23. The normalized spacial score (nSPS) is 15.7. The van der Waals surface area contributed by atoms with E-state index < -0.39 is 58.6 Å². The molecule has 6 aromatic carbocycles. The predicted molar refractivity (Wildman–Crippen MR) is 370 cm³/mol. The number of primary amides is 3. The fourth-order valence-electron chi connectivity index (χ4n) is 12.4. The molecule has 3 fully saturated rings. The van der Waals surface area contributed by atoms with E-state index in [0.717, 1.165) is 65.4 Å². The Kier molecular flexibility index (Phi) is 22.7. The van der Waals surface area contributed by atoms with Gasteiger partial charge in [0.05, 0.1) is 36.9 Å². The van der Waals surface area contributed by atoms with Crippen LogP contribution in [0.5, 0.6) is 0 Å². The van der Waals surface area contributed by atoms with E-state index in [1.807, 2.05) is 63.2 Å². The molecule has 0 saturated carbocycles. The molecule has 0 radical (unpaired) electrons. The minimum absolute atomic E-state index is 0.00350. The summed E-state index contributed by atoms with van der Waals surface area (Å²) in [6, 6.07) is 28.8. The summed E-state index contributed by atoms with van der Waals surface area (Å²) in [6.45, 7) is 11.5. The van der Waals surface area contributed by atoms with Crippen LogP contribution < -0.4 is 50.4 Å². The molecular formula is C73H78F5N15O9. The maximum atomic E-state index is 15.1. The van der Waals surface area contributed by atoms with Crippen molar-refractivity contribution in [3.05, 3.63) is 211 Å². The molecule has 3 aromatic heterocycles. The molecule has 3 aliphatic heterocycles. The highest BCUT2D eigenvalue weighted by Crippen LogP contribution is 2.39. The SMILES string of the molecule is Cc1ccc(F)cc1C(=O)NCc1cc(F)c(-c2nn(C3CCCOC3)c(N)c2C(N)=O)cc1F.Cc1ccccc1C(=O)NCc1cc(F)c(-c2nn(C3CCOCC3)c(N)c2C(N)=O)cc1F.Cc1ccccc1C(=O)NCc1ccc(-c2nn(C3COC(C)(C)C3)c(N)c2C(N)=O)cc1. The van der Waals surface area contributed by atoms with Gasteiger partial charge in [0.1, 0.15) is 80.3 Å². The first kappa shape index (κ1) is 73.4. The lowest BCUT2D eigenvalue weighted by Crippen LogP contribution is -2.24. The standard InChI is InChI=1S/C25H29N5O3.C24H24F3N5O3.C24H25F2N5O3/c1-15-6-4-5-7-19(15)24(32)28-13-16-8-10-17(11-9-16)21-20(23(27)31)22(26)30(29-21)18-12-25(2,3)33-14-18;1-12-4-5-14(25)8-16(12)24(34)30-10-13-7-19(27)17(9-18(13)26)21-20(23(29)33)22(28)32(31-21)15-3-2-6-35-11-15;1-13-4-2-3-5-16(13)24(33)29-12-14-10-19(26)17(11-18(14)25)21-20(23(28)32)22(27)31(30-21)15-6-8-34-9-7-15/h4-11,18H,12-14,26H2,1-3H3,(H2,27,31)(H,28,32);4-5,7-9,15H,2-3,6,10-11,28H2,1H3,(H2,29,33)(H,30,34);2-5,10-11,15H,6-9,12,27H2,1H3,(H2,28,32)(H,29,33). The van der Waals surface area contributed by atoms with E-state index in [-0.39, 0.29) is 116 Å². The van der Waals surface area contributed by atoms with Crippen LogP contribution in [-0.4, -0.2) is 103 Å². The highest BCUT2D eigenvalue weighted by molar-refractivity contribution is 6.05. The van der Waals surface area contributed by atoms with E-state index in [2.05, 4.69) is 31.2 Å². The van der Waals surface area contributed by atoms with Crippen molar-refractivity contribution in [3.8, 4) is 33.8 Å². The topological polar surface area (TPSA) is 376 Å². The van der Waals surface area contributed by atoms with Crippen molar-refractivity contribution in [3.63, 3.8) is 0 Å². The summed E-state index contributed by atoms with van der Waals surface area (Å²) in [5, 5.41) is 21.3. The Labute approximate surface area is 583 Å². The highest BCUT2D eigenvalue weighted by Gasteiger charge is 2.37. The number of nitrogens with two attached hydrogens (primary N) is 6. The number of aromatic nitrogens is 6. The monoisotopic (exact) mass is 1400 g/mol. The molecule has 2 unspecified atom stereocenters. The van der Waals surface area contributed by atoms with Crippen molar-refractivity contribution in [1.29, 1.82) is 0 Å². The fourth-order valence-corrected chi connectivity index (χ4v) is 12.4. The number of halogens is 5. The van der Waals surface area contributed by atoms with E-state index in [1.54, 1.807) is 48.9 Å². The molecule has 9 aromatic rings. The zero-order chi connectivity index (χ0) is 73.4. The van der Waals surface area contributed by atoms with E-state index in [4.69, 9.17) is 48.6 Å². The van der Waals surface area contributed by atoms with Gasteiger partial charge in [-0.3, -0.25) is 28.8 Å². The summed E-state index contributed by atoms with van der Waals surface area (Å²) in [4.78, 5) is 73.7. The Bertz CT molecular complexity index is 4680. The fraction of sp³-hybridized carbons (Fsp3) is 0.301. The third kappa shape index (κ3) is 16.4. The second-order valence-electron chi connectivity index (χ2n) is 25.6. The van der Waals surface area contributed by atoms with Gasteiger partial charge in [-0.25, -0.2) is 36.0 Å². The summed E-state index contributed by atoms with van der Waals surface area (Å²) in [5.41, 5.74) is 39.2. The molecule has 3 saturated heterocycles. The Morgan fingerprint density at radius 2 is 0.941 bits per heavy atom. The summed E-state index contributed by atoms with van der Waals surface area (Å²) in [6.07, 6.45) is 3.39. The number of rotatable bonds is 18. The smallest absolute Gasteiger partial charge is 0.254 e. The number of amides is 6. The molecule has 2 atom stereocenters. The number of nitrogens with zero attached hydrogens (tertiary/aromatic N) is 6. The number of benzene rings is 6. The summed E-state index contributed by atoms with van der Waals surface area (Å²) >= 11 is 0. The molecule has 24 nitrogen and oxygen atoms in total. The van der Waals surface area contributed by atoms with Crippen molar-refractivity contribution in [2.24, 2.45) is 17.2 Å². The third-order valence-electron chi connectivity index (χ3n) is 17.9. The zero-order valence-electron chi connectivity index (χ0n) is 56.6. The van der Waals surface area contributed by atoms with Gasteiger partial charge in [0.2, 0.25) is 0 Å². The Morgan fingerprint density at radius 3 is 1.41 bits per heavy atom. The number of nitrogen functional groups attached to an aromatic ring is 3. The average molecular weight is 1400 g/mol. The number of ether oxygens (including phenoxy) is 3. The van der Waals surface area contributed by atoms with Crippen molar-refractivity contribution in [2.75, 3.05) is 50.2 Å². The lowest BCUT2D eigenvalue weighted by atomic mass is 10.0. The Morgan fingerprint density at radius 1 is 0.490 bits per heavy atom. The number of nitrogens with one attached hydrogen (secondary N) is 3. The number of hydrogen-bond acceptors (Lipinski definition) is 15. The van der Waals surface area contributed by atoms with Crippen LogP contribution in [0.15, 0.2) is 115 Å². The summed E-state index contributed by atoms with van der Waals surface area (Å²) in [7, 11) is 0. The molecule has 102 heavy (non-hydrogen) atoms. The first-order chi connectivity index (χ1) is 48.6. The molecule has 6 heterocycles. The molecule has 15 N–H and O–H groups in total. The van der Waals surface area contributed by atoms with Crippen LogP contribution in [0.3, 0.4) is 0 Å². The molecule has 0 bridgehead atoms. The van der Waals surface area contributed by atoms with Gasteiger partial charge in [0.15, 0.2) is 0 Å². The number of aryl methyl sites for hydroxylation is 3. The quantitative estimate of drug-likeness (QED) is 0.0361. The Hall–Kier alpha value is -11.3. The number of anilines is 3. The minimum Gasteiger partial charge on any atom is -0.383 e. The summed E-state index contributed by atoms with van der Waals surface area (Å²) < 4.78 is 94.6. The average Bonchev–Trinajstić information content (AvgIpc) is 1.62. The maximum absolute atomic E-state index is 15.1. The summed E-state index contributed by atoms with van der Waals surface area (Å²) in [5.74, 6) is -7.31. The van der Waals surface area contributed by atoms with Crippen LogP contribution in [0.4, 0.5) is 39.4 Å². The largest absolute Gasteiger partial charge is 0.383 e. The zero-order valence-corrected chi connectivity index (χ0v) is 56.6. The van der Waals surface area contributed by atoms with Crippen LogP contribution in [-0.2, 0) is 33.8 Å². The molecular weight excluding hydrogens is 1330 g/mol. The molecule has 0 aliphatic carbocycles. The van der Waals surface area contributed by atoms with Crippen molar-refractivity contribution < 1.29 is 64.9 Å². The number of hydrogen-bond donors (Lipinski definition) is 9. The van der Waals surface area contributed by atoms with Crippen LogP contribution in [0.25, 0.3) is 33.8 Å². The van der Waals surface area contributed by atoms with Crippen LogP contribution in [0.2, 0.25) is 0 Å². The van der Waals surface area contributed by atoms with Gasteiger partial charge in [0.25, 0.3) is 35.4 Å². The van der Waals surface area contributed by atoms with E-state index in [9.17, 15) is 41.9 Å². The maximum Gasteiger partial charge on any atom is 0.254 e. The van der Waals surface area contributed by atoms with Gasteiger partial charge in [-0.05, 0) is 131 Å². The Balaban J connectivity index is 0.000000165. The third-order valence-corrected chi connectivity index (χ3v) is 17.9. The van der Waals surface area contributed by atoms with Gasteiger partial charge in [-0.2, -0.15) is 15.3 Å². The molecule has 0 spiro atoms. The van der Waals surface area contributed by atoms with E-state index in [1.165, 1.54) is 21.5 Å². The van der Waals surface area contributed by atoms with Crippen LogP contribution in [0.1, 0.15) is 160 Å². The predicted octanol–water partition coefficient (Wildman–Crippen LogP) is 9.55. The first-order valence-corrected chi connectivity index (χ1v) is 32.7. The lowest BCUT2D eigenvalue weighted by molar-refractivity contribution is 0.0350. The second kappa shape index (κ2) is 31.5. The first-order valence-electron chi connectivity index (χ1n) is 32.7. The molecule has 12 rings (SSSR count). The van der Waals surface area contributed by atoms with Gasteiger partial charge in [-0.1, -0.05) is 66.7 Å². The van der Waals surface area contributed by atoms with Crippen molar-refractivity contribution >= 4 is 52.9 Å². The van der Waals surface area contributed by atoms with Crippen LogP contribution in [0, 0.1) is 49.9 Å². The van der Waals surface area contributed by atoms with Gasteiger partial charge < -0.3 is 64.6 Å². The van der Waals surface area contributed by atoms with Crippen molar-refractivity contribution in [1.82, 2.24) is 45.3 Å². The highest BCUT2D eigenvalue weighted by atomic mass is 19.1. The molecule has 3 aliphatic rings. The number of carbonyl (C=O) groups excluding carboxylic acids is 6. The number of carbonyl (C=O) groups is 6. The van der Waals surface area contributed by atoms with Crippen LogP contribution >= 0.6 is 0 Å². The van der Waals surface area contributed by atoms with Crippen molar-refractivity contribution in [2.45, 2.75) is 110 Å². The van der Waals surface area contributed by atoms with E-state index >= 15 is 8.78 Å².